The van der Waals surface area contributed by atoms with Crippen LogP contribution in [0.5, 0.6) is 0 Å². The lowest BCUT2D eigenvalue weighted by Crippen LogP contribution is -2.28. The molecule has 0 radical (unpaired) electrons. The predicted octanol–water partition coefficient (Wildman–Crippen LogP) is 2.49. The van der Waals surface area contributed by atoms with Gasteiger partial charge in [0, 0.05) is 17.8 Å². The first-order valence-corrected chi connectivity index (χ1v) is 6.00. The number of nitrogens with zero attached hydrogens (tertiary/aromatic N) is 2. The summed E-state index contributed by atoms with van der Waals surface area (Å²) in [4.78, 5) is 16.8. The van der Waals surface area contributed by atoms with Gasteiger partial charge in [0.25, 0.3) is 5.91 Å². The van der Waals surface area contributed by atoms with Crippen molar-refractivity contribution in [1.29, 1.82) is 0 Å². The number of benzene rings is 1. The van der Waals surface area contributed by atoms with Gasteiger partial charge in [-0.05, 0) is 38.1 Å². The summed E-state index contributed by atoms with van der Waals surface area (Å²) >= 11 is 0. The van der Waals surface area contributed by atoms with E-state index in [1.54, 1.807) is 10.8 Å². The molecule has 0 saturated heterocycles. The predicted molar refractivity (Wildman–Crippen MR) is 71.3 cm³/mol. The fraction of sp³-hybridized carbons (Fsp3) is 0.200. The summed E-state index contributed by atoms with van der Waals surface area (Å²) in [5, 5.41) is 0. The SMILES string of the molecule is CC(C)N=c1ccccn1C(=O)c1ccccc1. The van der Waals surface area contributed by atoms with Crippen LogP contribution in [0.2, 0.25) is 0 Å². The van der Waals surface area contributed by atoms with Crippen LogP contribution in [-0.2, 0) is 0 Å². The van der Waals surface area contributed by atoms with Crippen LogP contribution >= 0.6 is 0 Å². The topological polar surface area (TPSA) is 34.4 Å². The molecule has 2 rings (SSSR count). The maximum absolute atomic E-state index is 12.4. The van der Waals surface area contributed by atoms with Gasteiger partial charge in [-0.3, -0.25) is 14.4 Å². The van der Waals surface area contributed by atoms with E-state index in [0.717, 1.165) is 0 Å². The average Bonchev–Trinajstić information content (AvgIpc) is 2.39. The number of hydrogen-bond donors (Lipinski definition) is 0. The molecule has 2 aromatic rings. The van der Waals surface area contributed by atoms with E-state index >= 15 is 0 Å². The van der Waals surface area contributed by atoms with Crippen molar-refractivity contribution in [3.8, 4) is 0 Å². The van der Waals surface area contributed by atoms with Gasteiger partial charge in [0.05, 0.1) is 0 Å². The lowest BCUT2D eigenvalue weighted by atomic mass is 10.2. The Labute approximate surface area is 106 Å². The molecule has 0 bridgehead atoms. The lowest BCUT2D eigenvalue weighted by molar-refractivity contribution is 0.0954. The normalized spacial score (nSPS) is 11.8. The van der Waals surface area contributed by atoms with Gasteiger partial charge in [-0.2, -0.15) is 0 Å². The quantitative estimate of drug-likeness (QED) is 0.794. The Morgan fingerprint density at radius 1 is 1.06 bits per heavy atom. The molecule has 0 aliphatic rings. The van der Waals surface area contributed by atoms with Gasteiger partial charge in [-0.25, -0.2) is 0 Å². The first kappa shape index (κ1) is 12.3. The van der Waals surface area contributed by atoms with Gasteiger partial charge < -0.3 is 0 Å². The van der Waals surface area contributed by atoms with Crippen LogP contribution in [0.4, 0.5) is 0 Å². The molecule has 0 amide bonds. The van der Waals surface area contributed by atoms with Crippen molar-refractivity contribution in [3.63, 3.8) is 0 Å². The molecule has 3 nitrogen and oxygen atoms in total. The van der Waals surface area contributed by atoms with E-state index in [2.05, 4.69) is 4.99 Å². The second kappa shape index (κ2) is 5.45. The van der Waals surface area contributed by atoms with Crippen LogP contribution in [-0.4, -0.2) is 16.5 Å². The summed E-state index contributed by atoms with van der Waals surface area (Å²) in [6.07, 6.45) is 1.75. The fourth-order valence-electron chi connectivity index (χ4n) is 1.70. The van der Waals surface area contributed by atoms with Crippen LogP contribution in [0.25, 0.3) is 0 Å². The third-order valence-corrected chi connectivity index (χ3v) is 2.47. The Morgan fingerprint density at radius 3 is 2.39 bits per heavy atom. The molecule has 0 aliphatic carbocycles. The summed E-state index contributed by atoms with van der Waals surface area (Å²) < 4.78 is 1.58. The second-order valence-electron chi connectivity index (χ2n) is 4.32. The Balaban J connectivity index is 2.50. The number of carbonyl (C=O) groups excluding carboxylic acids is 1. The van der Waals surface area contributed by atoms with E-state index in [4.69, 9.17) is 0 Å². The summed E-state index contributed by atoms with van der Waals surface area (Å²) in [7, 11) is 0. The molecule has 1 heterocycles. The molecule has 0 spiro atoms. The average molecular weight is 240 g/mol. The zero-order valence-corrected chi connectivity index (χ0v) is 10.6. The maximum atomic E-state index is 12.4. The summed E-state index contributed by atoms with van der Waals surface area (Å²) in [6, 6.07) is 14.9. The molecule has 0 fully saturated rings. The highest BCUT2D eigenvalue weighted by Gasteiger charge is 2.07. The molecule has 0 aliphatic heterocycles. The molecule has 0 unspecified atom stereocenters. The highest BCUT2D eigenvalue weighted by molar-refractivity contribution is 5.95. The van der Waals surface area contributed by atoms with Gasteiger partial charge in [0.15, 0.2) is 0 Å². The van der Waals surface area contributed by atoms with Crippen molar-refractivity contribution in [3.05, 3.63) is 65.8 Å². The van der Waals surface area contributed by atoms with Crippen molar-refractivity contribution in [2.75, 3.05) is 0 Å². The summed E-state index contributed by atoms with van der Waals surface area (Å²) in [6.45, 7) is 3.98. The Morgan fingerprint density at radius 2 is 1.72 bits per heavy atom. The van der Waals surface area contributed by atoms with Crippen LogP contribution in [0, 0.1) is 0 Å². The minimum Gasteiger partial charge on any atom is -0.268 e. The smallest absolute Gasteiger partial charge is 0.263 e. The van der Waals surface area contributed by atoms with Gasteiger partial charge in [-0.1, -0.05) is 24.3 Å². The zero-order valence-electron chi connectivity index (χ0n) is 10.6. The summed E-state index contributed by atoms with van der Waals surface area (Å²) in [5.41, 5.74) is 1.34. The zero-order chi connectivity index (χ0) is 13.0. The standard InChI is InChI=1S/C15H16N2O/c1-12(2)16-14-10-6-7-11-17(14)15(18)13-8-4-3-5-9-13/h3-12H,1-2H3. The van der Waals surface area contributed by atoms with Gasteiger partial charge in [0.2, 0.25) is 0 Å². The first-order valence-electron chi connectivity index (χ1n) is 6.00. The number of pyridine rings is 1. The van der Waals surface area contributed by atoms with E-state index in [1.807, 2.05) is 62.4 Å². The molecular weight excluding hydrogens is 224 g/mol. The monoisotopic (exact) mass is 240 g/mol. The van der Waals surface area contributed by atoms with Crippen LogP contribution in [0.15, 0.2) is 59.7 Å². The van der Waals surface area contributed by atoms with E-state index in [0.29, 0.717) is 11.1 Å². The first-order chi connectivity index (χ1) is 8.68. The van der Waals surface area contributed by atoms with Crippen LogP contribution in [0.1, 0.15) is 24.2 Å². The van der Waals surface area contributed by atoms with Crippen LogP contribution in [0.3, 0.4) is 0 Å². The summed E-state index contributed by atoms with van der Waals surface area (Å²) in [5.74, 6) is -0.0596. The second-order valence-corrected chi connectivity index (χ2v) is 4.32. The number of hydrogen-bond acceptors (Lipinski definition) is 2. The number of aromatic nitrogens is 1. The molecule has 1 aromatic heterocycles. The third kappa shape index (κ3) is 2.74. The molecule has 92 valence electrons. The van der Waals surface area contributed by atoms with Crippen LogP contribution < -0.4 is 5.49 Å². The highest BCUT2D eigenvalue weighted by Crippen LogP contribution is 2.00. The van der Waals surface area contributed by atoms with E-state index in [1.165, 1.54) is 0 Å². The third-order valence-electron chi connectivity index (χ3n) is 2.47. The van der Waals surface area contributed by atoms with Crippen molar-refractivity contribution >= 4 is 5.91 Å². The maximum Gasteiger partial charge on any atom is 0.263 e. The molecule has 0 saturated carbocycles. The molecular formula is C15H16N2O. The minimum atomic E-state index is -0.0596. The van der Waals surface area contributed by atoms with E-state index < -0.39 is 0 Å². The molecule has 3 heteroatoms. The van der Waals surface area contributed by atoms with Crippen molar-refractivity contribution in [2.45, 2.75) is 19.9 Å². The van der Waals surface area contributed by atoms with Crippen molar-refractivity contribution < 1.29 is 4.79 Å². The Kier molecular flexibility index (Phi) is 3.72. The lowest BCUT2D eigenvalue weighted by Gasteiger charge is -2.06. The van der Waals surface area contributed by atoms with Crippen molar-refractivity contribution in [1.82, 2.24) is 4.57 Å². The largest absolute Gasteiger partial charge is 0.268 e. The van der Waals surface area contributed by atoms with Crippen molar-refractivity contribution in [2.24, 2.45) is 4.99 Å². The number of carbonyl (C=O) groups is 1. The van der Waals surface area contributed by atoms with Gasteiger partial charge >= 0.3 is 0 Å². The molecule has 1 aromatic carbocycles. The Bertz CT molecular complexity index is 597. The molecule has 0 atom stereocenters. The van der Waals surface area contributed by atoms with E-state index in [-0.39, 0.29) is 11.9 Å². The molecule has 0 N–H and O–H groups in total. The van der Waals surface area contributed by atoms with Gasteiger partial charge in [-0.15, -0.1) is 0 Å². The highest BCUT2D eigenvalue weighted by atomic mass is 16.2. The fourth-order valence-corrected chi connectivity index (χ4v) is 1.70. The van der Waals surface area contributed by atoms with E-state index in [9.17, 15) is 4.79 Å². The minimum absolute atomic E-state index is 0.0596. The van der Waals surface area contributed by atoms with Gasteiger partial charge in [0.1, 0.15) is 5.49 Å². The Hall–Kier alpha value is -2.16. The number of rotatable bonds is 2. The molecule has 18 heavy (non-hydrogen) atoms.